The predicted octanol–water partition coefficient (Wildman–Crippen LogP) is 1.91. The molecule has 0 unspecified atom stereocenters. The third kappa shape index (κ3) is 2.97. The molecule has 0 aromatic carbocycles. The van der Waals surface area contributed by atoms with Gasteiger partial charge in [-0.25, -0.2) is 13.8 Å². The van der Waals surface area contributed by atoms with Gasteiger partial charge in [-0.15, -0.1) is 0 Å². The van der Waals surface area contributed by atoms with Gasteiger partial charge in [0, 0.05) is 5.56 Å². The molecule has 0 spiro atoms. The number of nitrogens with zero attached hydrogens (tertiary/aromatic N) is 2. The van der Waals surface area contributed by atoms with Gasteiger partial charge >= 0.3 is 5.97 Å². The third-order valence-corrected chi connectivity index (χ3v) is 2.22. The summed E-state index contributed by atoms with van der Waals surface area (Å²) in [6.45, 7) is 1.45. The Morgan fingerprint density at radius 1 is 1.65 bits per heavy atom. The molecular formula is C11H10F2N2O2. The first-order chi connectivity index (χ1) is 7.99. The zero-order valence-corrected chi connectivity index (χ0v) is 9.33. The van der Waals surface area contributed by atoms with Crippen LogP contribution in [0.1, 0.15) is 28.9 Å². The molecule has 1 aromatic rings. The normalized spacial score (nSPS) is 10.1. The van der Waals surface area contributed by atoms with E-state index in [2.05, 4.69) is 9.72 Å². The molecule has 0 radical (unpaired) electrons. The number of aryl methyl sites for hydroxylation is 1. The molecule has 0 N–H and O–H groups in total. The van der Waals surface area contributed by atoms with E-state index in [0.29, 0.717) is 0 Å². The number of ether oxygens (including phenoxy) is 1. The Labute approximate surface area is 96.8 Å². The second-order valence-corrected chi connectivity index (χ2v) is 3.35. The van der Waals surface area contributed by atoms with E-state index in [9.17, 15) is 13.6 Å². The smallest absolute Gasteiger partial charge is 0.311 e. The molecule has 1 rings (SSSR count). The number of esters is 1. The van der Waals surface area contributed by atoms with Crippen molar-refractivity contribution in [2.75, 3.05) is 7.11 Å². The van der Waals surface area contributed by atoms with E-state index in [-0.39, 0.29) is 28.9 Å². The Morgan fingerprint density at radius 3 is 2.76 bits per heavy atom. The number of methoxy groups -OCH3 is 1. The van der Waals surface area contributed by atoms with Crippen molar-refractivity contribution in [1.82, 2.24) is 4.98 Å². The number of carbonyl (C=O) groups is 1. The molecule has 0 aliphatic carbocycles. The number of aromatic nitrogens is 1. The highest BCUT2D eigenvalue weighted by atomic mass is 19.3. The van der Waals surface area contributed by atoms with E-state index >= 15 is 0 Å². The van der Waals surface area contributed by atoms with Gasteiger partial charge < -0.3 is 4.74 Å². The Bertz CT molecular complexity index is 481. The first kappa shape index (κ1) is 13.0. The summed E-state index contributed by atoms with van der Waals surface area (Å²) in [5.74, 6) is -0.672. The fourth-order valence-electron chi connectivity index (χ4n) is 1.45. The summed E-state index contributed by atoms with van der Waals surface area (Å²) < 4.78 is 30.0. The zero-order chi connectivity index (χ0) is 13.0. The maximum absolute atomic E-state index is 12.8. The number of pyridine rings is 1. The number of carbonyl (C=O) groups excluding carboxylic acids is 1. The van der Waals surface area contributed by atoms with Crippen LogP contribution < -0.4 is 0 Å². The maximum atomic E-state index is 12.8. The minimum atomic E-state index is -2.74. The predicted molar refractivity (Wildman–Crippen MR) is 54.4 cm³/mol. The number of hydrogen-bond acceptors (Lipinski definition) is 4. The molecule has 0 aliphatic rings. The van der Waals surface area contributed by atoms with E-state index in [0.717, 1.165) is 7.11 Å². The Hall–Kier alpha value is -2.03. The van der Waals surface area contributed by atoms with Crippen molar-refractivity contribution < 1.29 is 18.3 Å². The van der Waals surface area contributed by atoms with Gasteiger partial charge in [-0.1, -0.05) is 0 Å². The molecular weight excluding hydrogens is 230 g/mol. The van der Waals surface area contributed by atoms with Crippen LogP contribution in [0.3, 0.4) is 0 Å². The summed E-state index contributed by atoms with van der Waals surface area (Å²) in [7, 11) is 1.16. The van der Waals surface area contributed by atoms with E-state index in [1.807, 2.05) is 0 Å². The average molecular weight is 240 g/mol. The summed E-state index contributed by atoms with van der Waals surface area (Å²) >= 11 is 0. The van der Waals surface area contributed by atoms with E-state index in [1.54, 1.807) is 6.07 Å². The highest BCUT2D eigenvalue weighted by Gasteiger charge is 2.20. The Balaban J connectivity index is 3.28. The first-order valence-corrected chi connectivity index (χ1v) is 4.75. The molecule has 0 fully saturated rings. The number of nitriles is 1. The van der Waals surface area contributed by atoms with Crippen molar-refractivity contribution >= 4 is 5.97 Å². The van der Waals surface area contributed by atoms with Crippen molar-refractivity contribution in [1.29, 1.82) is 5.26 Å². The Kier molecular flexibility index (Phi) is 4.10. The van der Waals surface area contributed by atoms with Gasteiger partial charge in [-0.2, -0.15) is 5.26 Å². The van der Waals surface area contributed by atoms with Crippen molar-refractivity contribution in [3.05, 3.63) is 28.6 Å². The molecule has 0 saturated heterocycles. The topological polar surface area (TPSA) is 63.0 Å². The molecule has 4 nitrogen and oxygen atoms in total. The van der Waals surface area contributed by atoms with Crippen LogP contribution in [-0.2, 0) is 16.0 Å². The molecule has 6 heteroatoms. The average Bonchev–Trinajstić information content (AvgIpc) is 2.27. The molecule has 0 saturated carbocycles. The standard InChI is InChI=1S/C11H10F2N2O2/c1-6-3-7(5-14)15-8(4-9(16)17-2)10(6)11(12)13/h3,11H,4H2,1-2H3. The summed E-state index contributed by atoms with van der Waals surface area (Å²) in [5, 5.41) is 8.69. The monoisotopic (exact) mass is 240 g/mol. The van der Waals surface area contributed by atoms with Crippen LogP contribution in [0.2, 0.25) is 0 Å². The van der Waals surface area contributed by atoms with Crippen LogP contribution in [0, 0.1) is 18.3 Å². The second-order valence-electron chi connectivity index (χ2n) is 3.35. The third-order valence-electron chi connectivity index (χ3n) is 2.22. The van der Waals surface area contributed by atoms with E-state index in [1.165, 1.54) is 13.0 Å². The van der Waals surface area contributed by atoms with Crippen molar-refractivity contribution in [2.24, 2.45) is 0 Å². The number of rotatable bonds is 3. The fraction of sp³-hybridized carbons (Fsp3) is 0.364. The lowest BCUT2D eigenvalue weighted by atomic mass is 10.0. The lowest BCUT2D eigenvalue weighted by molar-refractivity contribution is -0.139. The molecule has 1 heterocycles. The number of halogens is 2. The summed E-state index contributed by atoms with van der Waals surface area (Å²) in [4.78, 5) is 14.8. The minimum Gasteiger partial charge on any atom is -0.469 e. The van der Waals surface area contributed by atoms with Crippen LogP contribution in [0.15, 0.2) is 6.07 Å². The molecule has 1 aromatic heterocycles. The van der Waals surface area contributed by atoms with E-state index in [4.69, 9.17) is 5.26 Å². The van der Waals surface area contributed by atoms with Crippen molar-refractivity contribution in [2.45, 2.75) is 19.8 Å². The highest BCUT2D eigenvalue weighted by molar-refractivity contribution is 5.72. The van der Waals surface area contributed by atoms with E-state index < -0.39 is 12.4 Å². The molecule has 0 amide bonds. The summed E-state index contributed by atoms with van der Waals surface area (Å²) in [5.41, 5.74) is -0.172. The zero-order valence-electron chi connectivity index (χ0n) is 9.33. The van der Waals surface area contributed by atoms with Crippen molar-refractivity contribution in [3.8, 4) is 6.07 Å². The van der Waals surface area contributed by atoms with Gasteiger partial charge in [0.15, 0.2) is 0 Å². The number of alkyl halides is 2. The van der Waals surface area contributed by atoms with Gasteiger partial charge in [0.25, 0.3) is 6.43 Å². The second kappa shape index (κ2) is 5.34. The molecule has 0 atom stereocenters. The maximum Gasteiger partial charge on any atom is 0.311 e. The lowest BCUT2D eigenvalue weighted by Gasteiger charge is -2.10. The molecule has 90 valence electrons. The van der Waals surface area contributed by atoms with Crippen LogP contribution in [-0.4, -0.2) is 18.1 Å². The van der Waals surface area contributed by atoms with Gasteiger partial charge in [-0.05, 0) is 18.6 Å². The van der Waals surface area contributed by atoms with Crippen LogP contribution in [0.25, 0.3) is 0 Å². The quantitative estimate of drug-likeness (QED) is 0.757. The largest absolute Gasteiger partial charge is 0.469 e. The SMILES string of the molecule is COC(=O)Cc1nc(C#N)cc(C)c1C(F)F. The van der Waals surface area contributed by atoms with Gasteiger partial charge in [0.2, 0.25) is 0 Å². The van der Waals surface area contributed by atoms with Crippen LogP contribution >= 0.6 is 0 Å². The Morgan fingerprint density at radius 2 is 2.29 bits per heavy atom. The first-order valence-electron chi connectivity index (χ1n) is 4.75. The lowest BCUT2D eigenvalue weighted by Crippen LogP contribution is -2.11. The highest BCUT2D eigenvalue weighted by Crippen LogP contribution is 2.26. The molecule has 17 heavy (non-hydrogen) atoms. The van der Waals surface area contributed by atoms with Crippen LogP contribution in [0.4, 0.5) is 8.78 Å². The number of hydrogen-bond donors (Lipinski definition) is 0. The molecule has 0 bridgehead atoms. The van der Waals surface area contributed by atoms with Gasteiger partial charge in [-0.3, -0.25) is 4.79 Å². The fourth-order valence-corrected chi connectivity index (χ4v) is 1.45. The summed E-state index contributed by atoms with van der Waals surface area (Å²) in [6.07, 6.45) is -3.11. The van der Waals surface area contributed by atoms with Crippen LogP contribution in [0.5, 0.6) is 0 Å². The van der Waals surface area contributed by atoms with Crippen molar-refractivity contribution in [3.63, 3.8) is 0 Å². The van der Waals surface area contributed by atoms with Gasteiger partial charge in [0.05, 0.1) is 19.2 Å². The molecule has 0 aliphatic heterocycles. The minimum absolute atomic E-state index is 0.00537. The van der Waals surface area contributed by atoms with Gasteiger partial charge in [0.1, 0.15) is 11.8 Å². The summed E-state index contributed by atoms with van der Waals surface area (Å²) in [6, 6.07) is 3.02.